The minimum Gasteiger partial charge on any atom is -0.493 e. The van der Waals surface area contributed by atoms with Crippen molar-refractivity contribution >= 4 is 10.0 Å². The molecule has 7 heteroatoms. The molecule has 5 nitrogen and oxygen atoms in total. The lowest BCUT2D eigenvalue weighted by Crippen LogP contribution is -2.47. The van der Waals surface area contributed by atoms with E-state index < -0.39 is 10.0 Å². The van der Waals surface area contributed by atoms with Gasteiger partial charge in [0.2, 0.25) is 10.0 Å². The SMILES string of the molecule is CS(=O)(=O)N[C@H]1CCOC[C@@H]1COc1ccc(-c2ccccc2F)cc1. The Bertz CT molecular complexity index is 839. The number of ether oxygens (including phenoxy) is 2. The van der Waals surface area contributed by atoms with Gasteiger partial charge in [0.15, 0.2) is 0 Å². The average Bonchev–Trinajstić information content (AvgIpc) is 2.61. The summed E-state index contributed by atoms with van der Waals surface area (Å²) in [5, 5.41) is 0. The molecule has 26 heavy (non-hydrogen) atoms. The Morgan fingerprint density at radius 3 is 2.62 bits per heavy atom. The molecule has 0 radical (unpaired) electrons. The number of nitrogens with one attached hydrogen (secondary N) is 1. The van der Waals surface area contributed by atoms with Crippen molar-refractivity contribution in [2.75, 3.05) is 26.1 Å². The minimum absolute atomic E-state index is 0.0651. The van der Waals surface area contributed by atoms with Crippen molar-refractivity contribution in [2.24, 2.45) is 5.92 Å². The molecule has 3 rings (SSSR count). The van der Waals surface area contributed by atoms with E-state index in [1.54, 1.807) is 42.5 Å². The summed E-state index contributed by atoms with van der Waals surface area (Å²) in [6, 6.07) is 13.6. The van der Waals surface area contributed by atoms with E-state index in [4.69, 9.17) is 9.47 Å². The minimum atomic E-state index is -3.28. The zero-order valence-corrected chi connectivity index (χ0v) is 15.3. The second-order valence-electron chi connectivity index (χ2n) is 6.44. The van der Waals surface area contributed by atoms with E-state index in [1.807, 2.05) is 0 Å². The first-order valence-corrected chi connectivity index (χ1v) is 10.3. The van der Waals surface area contributed by atoms with Crippen molar-refractivity contribution in [3.05, 3.63) is 54.3 Å². The molecule has 0 aromatic heterocycles. The van der Waals surface area contributed by atoms with E-state index >= 15 is 0 Å². The fourth-order valence-electron chi connectivity index (χ4n) is 3.02. The Hall–Kier alpha value is -1.96. The van der Waals surface area contributed by atoms with Crippen LogP contribution in [0.25, 0.3) is 11.1 Å². The van der Waals surface area contributed by atoms with Gasteiger partial charge in [0.05, 0.1) is 19.5 Å². The number of halogens is 1. The molecule has 1 aliphatic heterocycles. The standard InChI is InChI=1S/C19H22FNO4S/c1-26(22,23)21-19-10-11-24-12-15(19)13-25-16-8-6-14(7-9-16)17-4-2-3-5-18(17)20/h2-9,15,19,21H,10-13H2,1H3/t15-,19+/m1/s1. The van der Waals surface area contributed by atoms with Crippen molar-refractivity contribution in [3.8, 4) is 16.9 Å². The van der Waals surface area contributed by atoms with Crippen LogP contribution in [0, 0.1) is 11.7 Å². The van der Waals surface area contributed by atoms with E-state index in [1.165, 1.54) is 6.07 Å². The Balaban J connectivity index is 1.63. The third-order valence-corrected chi connectivity index (χ3v) is 5.07. The van der Waals surface area contributed by atoms with Crippen LogP contribution in [-0.2, 0) is 14.8 Å². The molecule has 0 aliphatic carbocycles. The summed E-state index contributed by atoms with van der Waals surface area (Å²) in [7, 11) is -3.28. The van der Waals surface area contributed by atoms with Gasteiger partial charge in [0.1, 0.15) is 11.6 Å². The van der Waals surface area contributed by atoms with Crippen LogP contribution in [0.3, 0.4) is 0 Å². The van der Waals surface area contributed by atoms with Gasteiger partial charge < -0.3 is 9.47 Å². The first-order chi connectivity index (χ1) is 12.4. The van der Waals surface area contributed by atoms with Crippen molar-refractivity contribution in [2.45, 2.75) is 12.5 Å². The van der Waals surface area contributed by atoms with Crippen LogP contribution in [-0.4, -0.2) is 40.5 Å². The normalized spacial score (nSPS) is 20.7. The van der Waals surface area contributed by atoms with Crippen LogP contribution in [0.2, 0.25) is 0 Å². The first kappa shape index (κ1) is 18.8. The lowest BCUT2D eigenvalue weighted by molar-refractivity contribution is 0.0187. The number of hydrogen-bond acceptors (Lipinski definition) is 4. The van der Waals surface area contributed by atoms with E-state index in [2.05, 4.69) is 4.72 Å². The van der Waals surface area contributed by atoms with Crippen molar-refractivity contribution < 1.29 is 22.3 Å². The average molecular weight is 379 g/mol. The maximum absolute atomic E-state index is 13.8. The van der Waals surface area contributed by atoms with E-state index in [-0.39, 0.29) is 17.8 Å². The predicted molar refractivity (Wildman–Crippen MR) is 98.0 cm³/mol. The predicted octanol–water partition coefficient (Wildman–Crippen LogP) is 2.83. The Morgan fingerprint density at radius 2 is 1.92 bits per heavy atom. The topological polar surface area (TPSA) is 64.6 Å². The second-order valence-corrected chi connectivity index (χ2v) is 8.22. The molecule has 0 saturated carbocycles. The quantitative estimate of drug-likeness (QED) is 0.838. The van der Waals surface area contributed by atoms with Crippen LogP contribution in [0.1, 0.15) is 6.42 Å². The fourth-order valence-corrected chi connectivity index (χ4v) is 3.88. The third-order valence-electron chi connectivity index (χ3n) is 4.34. The molecule has 1 N–H and O–H groups in total. The number of hydrogen-bond donors (Lipinski definition) is 1. The van der Waals surface area contributed by atoms with Crippen LogP contribution in [0.4, 0.5) is 4.39 Å². The monoisotopic (exact) mass is 379 g/mol. The summed E-state index contributed by atoms with van der Waals surface area (Å²) in [5.41, 5.74) is 1.31. The number of sulfonamides is 1. The van der Waals surface area contributed by atoms with Gasteiger partial charge in [-0.25, -0.2) is 17.5 Å². The Morgan fingerprint density at radius 1 is 1.19 bits per heavy atom. The summed E-state index contributed by atoms with van der Waals surface area (Å²) < 4.78 is 50.7. The Kier molecular flexibility index (Phi) is 5.90. The van der Waals surface area contributed by atoms with Gasteiger partial charge in [-0.15, -0.1) is 0 Å². The van der Waals surface area contributed by atoms with Crippen LogP contribution in [0.15, 0.2) is 48.5 Å². The molecule has 1 fully saturated rings. The fraction of sp³-hybridized carbons (Fsp3) is 0.368. The van der Waals surface area contributed by atoms with Gasteiger partial charge >= 0.3 is 0 Å². The molecule has 1 aliphatic rings. The van der Waals surface area contributed by atoms with Gasteiger partial charge in [-0.2, -0.15) is 0 Å². The zero-order chi connectivity index (χ0) is 18.6. The summed E-state index contributed by atoms with van der Waals surface area (Å²) in [4.78, 5) is 0. The zero-order valence-electron chi connectivity index (χ0n) is 14.5. The van der Waals surface area contributed by atoms with Crippen molar-refractivity contribution in [1.82, 2.24) is 4.72 Å². The second kappa shape index (κ2) is 8.16. The van der Waals surface area contributed by atoms with Gasteiger partial charge in [-0.3, -0.25) is 0 Å². The molecule has 1 heterocycles. The van der Waals surface area contributed by atoms with Crippen LogP contribution in [0.5, 0.6) is 5.75 Å². The van der Waals surface area contributed by atoms with Gasteiger partial charge in [0.25, 0.3) is 0 Å². The maximum atomic E-state index is 13.8. The maximum Gasteiger partial charge on any atom is 0.208 e. The Labute approximate surface area is 153 Å². The highest BCUT2D eigenvalue weighted by atomic mass is 32.2. The molecule has 140 valence electrons. The molecule has 2 aromatic carbocycles. The molecule has 2 aromatic rings. The summed E-state index contributed by atoms with van der Waals surface area (Å²) in [6.45, 7) is 1.31. The van der Waals surface area contributed by atoms with Crippen molar-refractivity contribution in [1.29, 1.82) is 0 Å². The number of rotatable bonds is 6. The molecule has 2 atom stereocenters. The molecule has 0 bridgehead atoms. The molecule has 0 amide bonds. The molecule has 0 spiro atoms. The highest BCUT2D eigenvalue weighted by Crippen LogP contribution is 2.25. The van der Waals surface area contributed by atoms with Crippen LogP contribution >= 0.6 is 0 Å². The van der Waals surface area contributed by atoms with E-state index in [0.717, 1.165) is 11.8 Å². The molecular formula is C19H22FNO4S. The molecule has 1 saturated heterocycles. The largest absolute Gasteiger partial charge is 0.493 e. The lowest BCUT2D eigenvalue weighted by Gasteiger charge is -2.31. The summed E-state index contributed by atoms with van der Waals surface area (Å²) in [6.07, 6.45) is 1.77. The molecule has 0 unspecified atom stereocenters. The van der Waals surface area contributed by atoms with Gasteiger partial charge in [-0.1, -0.05) is 30.3 Å². The lowest BCUT2D eigenvalue weighted by atomic mass is 9.98. The summed E-state index contributed by atoms with van der Waals surface area (Å²) >= 11 is 0. The van der Waals surface area contributed by atoms with E-state index in [9.17, 15) is 12.8 Å². The van der Waals surface area contributed by atoms with Gasteiger partial charge in [-0.05, 0) is 30.2 Å². The summed E-state index contributed by atoms with van der Waals surface area (Å²) in [5.74, 6) is 0.314. The highest BCUT2D eigenvalue weighted by Gasteiger charge is 2.28. The number of benzene rings is 2. The van der Waals surface area contributed by atoms with Gasteiger partial charge in [0, 0.05) is 24.1 Å². The first-order valence-electron chi connectivity index (χ1n) is 8.45. The van der Waals surface area contributed by atoms with Crippen molar-refractivity contribution in [3.63, 3.8) is 0 Å². The van der Waals surface area contributed by atoms with E-state index in [0.29, 0.717) is 37.6 Å². The smallest absolute Gasteiger partial charge is 0.208 e. The van der Waals surface area contributed by atoms with Crippen LogP contribution < -0.4 is 9.46 Å². The highest BCUT2D eigenvalue weighted by molar-refractivity contribution is 7.88. The third kappa shape index (κ3) is 5.03. The molecular weight excluding hydrogens is 357 g/mol.